The maximum Gasteiger partial charge on any atom is 0.0867 e. The van der Waals surface area contributed by atoms with Gasteiger partial charge in [0.15, 0.2) is 0 Å². The summed E-state index contributed by atoms with van der Waals surface area (Å²) >= 11 is 1.67. The summed E-state index contributed by atoms with van der Waals surface area (Å²) in [6.07, 6.45) is -0.388. The standard InChI is InChI=1S/C12H18O2S/c1-9-4-5-12(10(2)6-9)15-8-11(13)7-14-3/h4-6,11,13H,7-8H2,1-3H3. The Kier molecular flexibility index (Phi) is 5.15. The number of aliphatic hydroxyl groups is 1. The van der Waals surface area contributed by atoms with Gasteiger partial charge in [-0.3, -0.25) is 0 Å². The quantitative estimate of drug-likeness (QED) is 0.782. The van der Waals surface area contributed by atoms with Crippen molar-refractivity contribution >= 4 is 11.8 Å². The Labute approximate surface area is 95.7 Å². The van der Waals surface area contributed by atoms with Crippen molar-refractivity contribution in [3.63, 3.8) is 0 Å². The molecular formula is C12H18O2S. The maximum absolute atomic E-state index is 9.51. The summed E-state index contributed by atoms with van der Waals surface area (Å²) in [5.41, 5.74) is 2.54. The number of aliphatic hydroxyl groups excluding tert-OH is 1. The predicted molar refractivity (Wildman–Crippen MR) is 64.5 cm³/mol. The Hall–Kier alpha value is -0.510. The highest BCUT2D eigenvalue weighted by atomic mass is 32.2. The number of ether oxygens (including phenoxy) is 1. The average Bonchev–Trinajstić information content (AvgIpc) is 2.17. The van der Waals surface area contributed by atoms with Gasteiger partial charge in [-0.15, -0.1) is 11.8 Å². The minimum atomic E-state index is -0.388. The summed E-state index contributed by atoms with van der Waals surface area (Å²) < 4.78 is 4.88. The molecule has 1 unspecified atom stereocenters. The van der Waals surface area contributed by atoms with E-state index in [-0.39, 0.29) is 6.10 Å². The van der Waals surface area contributed by atoms with Gasteiger partial charge in [0.25, 0.3) is 0 Å². The zero-order chi connectivity index (χ0) is 11.3. The van der Waals surface area contributed by atoms with E-state index in [1.54, 1.807) is 18.9 Å². The summed E-state index contributed by atoms with van der Waals surface area (Å²) in [6, 6.07) is 6.36. The number of aryl methyl sites for hydroxylation is 2. The molecule has 0 aliphatic heterocycles. The van der Waals surface area contributed by atoms with Crippen LogP contribution >= 0.6 is 11.8 Å². The number of thioether (sulfide) groups is 1. The molecule has 0 saturated carbocycles. The highest BCUT2D eigenvalue weighted by Gasteiger charge is 2.05. The number of methoxy groups -OCH3 is 1. The van der Waals surface area contributed by atoms with Crippen molar-refractivity contribution in [3.8, 4) is 0 Å². The van der Waals surface area contributed by atoms with Crippen molar-refractivity contribution < 1.29 is 9.84 Å². The molecule has 0 aliphatic carbocycles. The molecule has 0 amide bonds. The molecule has 84 valence electrons. The molecule has 0 aromatic heterocycles. The fourth-order valence-electron chi connectivity index (χ4n) is 1.39. The summed E-state index contributed by atoms with van der Waals surface area (Å²) in [6.45, 7) is 4.58. The first-order valence-electron chi connectivity index (χ1n) is 5.00. The molecule has 1 rings (SSSR count). The lowest BCUT2D eigenvalue weighted by molar-refractivity contribution is 0.0794. The monoisotopic (exact) mass is 226 g/mol. The van der Waals surface area contributed by atoms with Gasteiger partial charge in [0, 0.05) is 17.8 Å². The smallest absolute Gasteiger partial charge is 0.0867 e. The summed E-state index contributed by atoms with van der Waals surface area (Å²) in [7, 11) is 1.60. The van der Waals surface area contributed by atoms with Crippen LogP contribution in [0.2, 0.25) is 0 Å². The van der Waals surface area contributed by atoms with Crippen molar-refractivity contribution in [1.29, 1.82) is 0 Å². The van der Waals surface area contributed by atoms with Gasteiger partial charge in [0.2, 0.25) is 0 Å². The van der Waals surface area contributed by atoms with E-state index in [4.69, 9.17) is 4.74 Å². The molecule has 0 radical (unpaired) electrons. The van der Waals surface area contributed by atoms with E-state index in [0.717, 1.165) is 0 Å². The van der Waals surface area contributed by atoms with Gasteiger partial charge in [0.05, 0.1) is 12.7 Å². The summed E-state index contributed by atoms with van der Waals surface area (Å²) in [5, 5.41) is 9.51. The Morgan fingerprint density at radius 2 is 2.13 bits per heavy atom. The lowest BCUT2D eigenvalue weighted by Crippen LogP contribution is -2.16. The lowest BCUT2D eigenvalue weighted by atomic mass is 10.2. The van der Waals surface area contributed by atoms with Gasteiger partial charge in [0.1, 0.15) is 0 Å². The van der Waals surface area contributed by atoms with E-state index < -0.39 is 0 Å². The fraction of sp³-hybridized carbons (Fsp3) is 0.500. The Balaban J connectivity index is 2.50. The van der Waals surface area contributed by atoms with Crippen molar-refractivity contribution in [1.82, 2.24) is 0 Å². The van der Waals surface area contributed by atoms with Crippen LogP contribution in [0.15, 0.2) is 23.1 Å². The number of rotatable bonds is 5. The van der Waals surface area contributed by atoms with Gasteiger partial charge < -0.3 is 9.84 Å². The lowest BCUT2D eigenvalue weighted by Gasteiger charge is -2.10. The largest absolute Gasteiger partial charge is 0.390 e. The average molecular weight is 226 g/mol. The third kappa shape index (κ3) is 4.24. The zero-order valence-corrected chi connectivity index (χ0v) is 10.3. The highest BCUT2D eigenvalue weighted by Crippen LogP contribution is 2.23. The van der Waals surface area contributed by atoms with Crippen molar-refractivity contribution in [2.24, 2.45) is 0 Å². The van der Waals surface area contributed by atoms with Crippen LogP contribution in [0.4, 0.5) is 0 Å². The molecule has 0 spiro atoms. The van der Waals surface area contributed by atoms with Crippen molar-refractivity contribution in [3.05, 3.63) is 29.3 Å². The van der Waals surface area contributed by atoms with Crippen LogP contribution in [0.3, 0.4) is 0 Å². The van der Waals surface area contributed by atoms with Crippen LogP contribution in [0, 0.1) is 13.8 Å². The van der Waals surface area contributed by atoms with Crippen molar-refractivity contribution in [2.75, 3.05) is 19.5 Å². The number of hydrogen-bond donors (Lipinski definition) is 1. The molecule has 1 aromatic rings. The van der Waals surface area contributed by atoms with Gasteiger partial charge in [-0.2, -0.15) is 0 Å². The third-order valence-corrected chi connectivity index (χ3v) is 3.44. The van der Waals surface area contributed by atoms with E-state index in [1.807, 2.05) is 0 Å². The molecule has 3 heteroatoms. The molecule has 1 aromatic carbocycles. The molecule has 1 N–H and O–H groups in total. The van der Waals surface area contributed by atoms with Crippen LogP contribution in [-0.4, -0.2) is 30.7 Å². The van der Waals surface area contributed by atoms with E-state index in [2.05, 4.69) is 32.0 Å². The molecule has 0 saturated heterocycles. The molecule has 0 heterocycles. The van der Waals surface area contributed by atoms with Gasteiger partial charge in [-0.05, 0) is 25.5 Å². The van der Waals surface area contributed by atoms with E-state index >= 15 is 0 Å². The first-order chi connectivity index (χ1) is 7.13. The Bertz CT molecular complexity index is 312. The molecule has 2 nitrogen and oxygen atoms in total. The molecule has 0 fully saturated rings. The van der Waals surface area contributed by atoms with E-state index in [9.17, 15) is 5.11 Å². The van der Waals surface area contributed by atoms with E-state index in [1.165, 1.54) is 16.0 Å². The topological polar surface area (TPSA) is 29.5 Å². The van der Waals surface area contributed by atoms with Gasteiger partial charge in [-0.25, -0.2) is 0 Å². The molecule has 0 bridgehead atoms. The second-order valence-corrected chi connectivity index (χ2v) is 4.75. The second-order valence-electron chi connectivity index (χ2n) is 3.69. The van der Waals surface area contributed by atoms with Gasteiger partial charge in [-0.1, -0.05) is 17.7 Å². The van der Waals surface area contributed by atoms with Crippen LogP contribution in [0.25, 0.3) is 0 Å². The first-order valence-corrected chi connectivity index (χ1v) is 5.99. The fourth-order valence-corrected chi connectivity index (χ4v) is 2.31. The highest BCUT2D eigenvalue weighted by molar-refractivity contribution is 7.99. The van der Waals surface area contributed by atoms with E-state index in [0.29, 0.717) is 12.4 Å². The second kappa shape index (κ2) is 6.16. The summed E-state index contributed by atoms with van der Waals surface area (Å²) in [4.78, 5) is 1.23. The van der Waals surface area contributed by atoms with Gasteiger partial charge >= 0.3 is 0 Å². The molecule has 1 atom stereocenters. The van der Waals surface area contributed by atoms with Crippen LogP contribution in [-0.2, 0) is 4.74 Å². The normalized spacial score (nSPS) is 12.8. The zero-order valence-electron chi connectivity index (χ0n) is 9.49. The van der Waals surface area contributed by atoms with Crippen molar-refractivity contribution in [2.45, 2.75) is 24.8 Å². The van der Waals surface area contributed by atoms with Crippen LogP contribution in [0.5, 0.6) is 0 Å². The third-order valence-electron chi connectivity index (χ3n) is 2.12. The molecule has 0 aliphatic rings. The predicted octanol–water partition coefficient (Wildman–Crippen LogP) is 2.40. The Morgan fingerprint density at radius 1 is 1.40 bits per heavy atom. The van der Waals surface area contributed by atoms with Crippen LogP contribution < -0.4 is 0 Å². The van der Waals surface area contributed by atoms with Crippen LogP contribution in [0.1, 0.15) is 11.1 Å². The summed E-state index contributed by atoms with van der Waals surface area (Å²) in [5.74, 6) is 0.678. The molecular weight excluding hydrogens is 208 g/mol. The minimum Gasteiger partial charge on any atom is -0.390 e. The minimum absolute atomic E-state index is 0.388. The number of benzene rings is 1. The first kappa shape index (κ1) is 12.6. The Morgan fingerprint density at radius 3 is 2.73 bits per heavy atom. The maximum atomic E-state index is 9.51. The SMILES string of the molecule is COCC(O)CSc1ccc(C)cc1C. The number of hydrogen-bond acceptors (Lipinski definition) is 3. The molecule has 15 heavy (non-hydrogen) atoms.